The summed E-state index contributed by atoms with van der Waals surface area (Å²) in [5.41, 5.74) is 1.12. The zero-order chi connectivity index (χ0) is 15.1. The quantitative estimate of drug-likeness (QED) is 0.835. The van der Waals surface area contributed by atoms with Gasteiger partial charge in [0.25, 0.3) is 0 Å². The van der Waals surface area contributed by atoms with Crippen LogP contribution in [0.1, 0.15) is 33.6 Å². The van der Waals surface area contributed by atoms with Crippen molar-refractivity contribution in [2.75, 3.05) is 38.2 Å². The first-order chi connectivity index (χ1) is 10.3. The van der Waals surface area contributed by atoms with E-state index in [1.807, 2.05) is 19.9 Å². The molecule has 1 aliphatic heterocycles. The minimum atomic E-state index is 0.556. The Hall–Kier alpha value is -1.42. The van der Waals surface area contributed by atoms with Crippen molar-refractivity contribution < 1.29 is 9.47 Å². The third kappa shape index (κ3) is 4.53. The molecular weight excluding hydrogens is 264 g/mol. The molecule has 0 amide bonds. The molecule has 1 aromatic carbocycles. The van der Waals surface area contributed by atoms with E-state index >= 15 is 0 Å². The number of likely N-dealkylation sites (tertiary alicyclic amines) is 1. The molecule has 1 fully saturated rings. The molecule has 0 saturated carbocycles. The molecule has 1 heterocycles. The van der Waals surface area contributed by atoms with Crippen molar-refractivity contribution >= 4 is 5.69 Å². The number of nitrogens with zero attached hydrogens (tertiary/aromatic N) is 1. The zero-order valence-corrected chi connectivity index (χ0v) is 13.5. The summed E-state index contributed by atoms with van der Waals surface area (Å²) >= 11 is 0. The van der Waals surface area contributed by atoms with Crippen molar-refractivity contribution in [3.8, 4) is 11.5 Å². The second kappa shape index (κ2) is 8.13. The summed E-state index contributed by atoms with van der Waals surface area (Å²) in [4.78, 5) is 2.50. The predicted molar refractivity (Wildman–Crippen MR) is 87.5 cm³/mol. The minimum Gasteiger partial charge on any atom is -0.490 e. The van der Waals surface area contributed by atoms with Crippen molar-refractivity contribution in [2.45, 2.75) is 39.7 Å². The number of hydrogen-bond donors (Lipinski definition) is 1. The van der Waals surface area contributed by atoms with E-state index in [4.69, 9.17) is 9.47 Å². The van der Waals surface area contributed by atoms with Gasteiger partial charge >= 0.3 is 0 Å². The summed E-state index contributed by atoms with van der Waals surface area (Å²) in [6, 6.07) is 6.69. The summed E-state index contributed by atoms with van der Waals surface area (Å²) in [6.45, 7) is 11.0. The Bertz CT molecular complexity index is 429. The normalized spacial score (nSPS) is 16.7. The molecule has 0 unspecified atom stereocenters. The van der Waals surface area contributed by atoms with Gasteiger partial charge in [0.2, 0.25) is 0 Å². The minimum absolute atomic E-state index is 0.556. The van der Waals surface area contributed by atoms with Crippen LogP contribution in [0.3, 0.4) is 0 Å². The van der Waals surface area contributed by atoms with Gasteiger partial charge in [0, 0.05) is 30.9 Å². The Morgan fingerprint density at radius 2 is 1.71 bits per heavy atom. The van der Waals surface area contributed by atoms with Crippen LogP contribution in [0.5, 0.6) is 11.5 Å². The molecule has 21 heavy (non-hydrogen) atoms. The number of rotatable bonds is 7. The molecular formula is C17H28N2O2. The first kappa shape index (κ1) is 16.0. The van der Waals surface area contributed by atoms with Gasteiger partial charge < -0.3 is 19.7 Å². The topological polar surface area (TPSA) is 33.7 Å². The first-order valence-electron chi connectivity index (χ1n) is 8.15. The SMILES string of the molecule is CCOc1ccc(NC2CCN(CC)CC2)cc1OCC. The second-order valence-electron chi connectivity index (χ2n) is 5.38. The number of anilines is 1. The largest absolute Gasteiger partial charge is 0.490 e. The van der Waals surface area contributed by atoms with Crippen LogP contribution in [0.25, 0.3) is 0 Å². The highest BCUT2D eigenvalue weighted by molar-refractivity contribution is 5.55. The predicted octanol–water partition coefficient (Wildman–Crippen LogP) is 3.38. The van der Waals surface area contributed by atoms with E-state index in [2.05, 4.69) is 29.3 Å². The second-order valence-corrected chi connectivity index (χ2v) is 5.38. The zero-order valence-electron chi connectivity index (χ0n) is 13.5. The van der Waals surface area contributed by atoms with E-state index in [9.17, 15) is 0 Å². The maximum atomic E-state index is 5.68. The van der Waals surface area contributed by atoms with Gasteiger partial charge in [-0.3, -0.25) is 0 Å². The van der Waals surface area contributed by atoms with Crippen molar-refractivity contribution in [3.05, 3.63) is 18.2 Å². The molecule has 1 saturated heterocycles. The van der Waals surface area contributed by atoms with E-state index in [0.29, 0.717) is 19.3 Å². The Kier molecular flexibility index (Phi) is 6.18. The van der Waals surface area contributed by atoms with Gasteiger partial charge in [-0.05, 0) is 45.4 Å². The third-order valence-electron chi connectivity index (χ3n) is 3.95. The molecule has 1 N–H and O–H groups in total. The Morgan fingerprint density at radius 3 is 2.33 bits per heavy atom. The molecule has 1 aliphatic rings. The van der Waals surface area contributed by atoms with Gasteiger partial charge in [0.15, 0.2) is 11.5 Å². The van der Waals surface area contributed by atoms with Crippen molar-refractivity contribution in [2.24, 2.45) is 0 Å². The monoisotopic (exact) mass is 292 g/mol. The first-order valence-corrected chi connectivity index (χ1v) is 8.15. The summed E-state index contributed by atoms with van der Waals surface area (Å²) in [5.74, 6) is 1.65. The summed E-state index contributed by atoms with van der Waals surface area (Å²) in [5, 5.41) is 3.63. The van der Waals surface area contributed by atoms with Crippen molar-refractivity contribution in [3.63, 3.8) is 0 Å². The highest BCUT2D eigenvalue weighted by atomic mass is 16.5. The highest BCUT2D eigenvalue weighted by Gasteiger charge is 2.18. The molecule has 0 spiro atoms. The van der Waals surface area contributed by atoms with Gasteiger partial charge in [-0.15, -0.1) is 0 Å². The highest BCUT2D eigenvalue weighted by Crippen LogP contribution is 2.31. The van der Waals surface area contributed by atoms with E-state index < -0.39 is 0 Å². The molecule has 4 nitrogen and oxygen atoms in total. The van der Waals surface area contributed by atoms with Crippen LogP contribution in [-0.4, -0.2) is 43.8 Å². The Morgan fingerprint density at radius 1 is 1.05 bits per heavy atom. The number of hydrogen-bond acceptors (Lipinski definition) is 4. The van der Waals surface area contributed by atoms with Gasteiger partial charge in [0.05, 0.1) is 13.2 Å². The lowest BCUT2D eigenvalue weighted by Crippen LogP contribution is -2.38. The fourth-order valence-electron chi connectivity index (χ4n) is 2.77. The van der Waals surface area contributed by atoms with Crippen LogP contribution in [0.4, 0.5) is 5.69 Å². The van der Waals surface area contributed by atoms with Crippen LogP contribution in [-0.2, 0) is 0 Å². The van der Waals surface area contributed by atoms with Gasteiger partial charge in [-0.1, -0.05) is 6.92 Å². The summed E-state index contributed by atoms with van der Waals surface area (Å²) in [6.07, 6.45) is 2.40. The fourth-order valence-corrected chi connectivity index (χ4v) is 2.77. The lowest BCUT2D eigenvalue weighted by atomic mass is 10.0. The molecule has 0 aliphatic carbocycles. The smallest absolute Gasteiger partial charge is 0.163 e. The standard InChI is InChI=1S/C17H28N2O2/c1-4-19-11-9-14(10-12-19)18-15-7-8-16(20-5-2)17(13-15)21-6-3/h7-8,13-14,18H,4-6,9-12H2,1-3H3. The van der Waals surface area contributed by atoms with Crippen LogP contribution >= 0.6 is 0 Å². The Balaban J connectivity index is 1.98. The number of nitrogens with one attached hydrogen (secondary N) is 1. The molecule has 2 rings (SSSR count). The van der Waals surface area contributed by atoms with Crippen LogP contribution in [0, 0.1) is 0 Å². The summed E-state index contributed by atoms with van der Waals surface area (Å²) < 4.78 is 11.3. The molecule has 0 bridgehead atoms. The molecule has 0 atom stereocenters. The molecule has 4 heteroatoms. The van der Waals surface area contributed by atoms with E-state index in [1.165, 1.54) is 25.9 Å². The molecule has 0 aromatic heterocycles. The third-order valence-corrected chi connectivity index (χ3v) is 3.95. The van der Waals surface area contributed by atoms with Gasteiger partial charge in [-0.2, -0.15) is 0 Å². The summed E-state index contributed by atoms with van der Waals surface area (Å²) in [7, 11) is 0. The average molecular weight is 292 g/mol. The van der Waals surface area contributed by atoms with Crippen molar-refractivity contribution in [1.82, 2.24) is 4.90 Å². The van der Waals surface area contributed by atoms with E-state index in [-0.39, 0.29) is 0 Å². The number of piperidine rings is 1. The lowest BCUT2D eigenvalue weighted by molar-refractivity contribution is 0.229. The lowest BCUT2D eigenvalue weighted by Gasteiger charge is -2.32. The van der Waals surface area contributed by atoms with Crippen LogP contribution in [0.2, 0.25) is 0 Å². The maximum Gasteiger partial charge on any atom is 0.163 e. The maximum absolute atomic E-state index is 5.68. The van der Waals surface area contributed by atoms with Gasteiger partial charge in [0.1, 0.15) is 0 Å². The van der Waals surface area contributed by atoms with Crippen LogP contribution in [0.15, 0.2) is 18.2 Å². The molecule has 1 aromatic rings. The molecule has 0 radical (unpaired) electrons. The van der Waals surface area contributed by atoms with E-state index in [1.54, 1.807) is 0 Å². The molecule has 118 valence electrons. The Labute approximate surface area is 128 Å². The van der Waals surface area contributed by atoms with Crippen LogP contribution < -0.4 is 14.8 Å². The van der Waals surface area contributed by atoms with Gasteiger partial charge in [-0.25, -0.2) is 0 Å². The average Bonchev–Trinajstić information content (AvgIpc) is 2.51. The van der Waals surface area contributed by atoms with E-state index in [0.717, 1.165) is 23.7 Å². The number of ether oxygens (including phenoxy) is 2. The fraction of sp³-hybridized carbons (Fsp3) is 0.647. The number of benzene rings is 1. The van der Waals surface area contributed by atoms with Crippen molar-refractivity contribution in [1.29, 1.82) is 0 Å².